The Bertz CT molecular complexity index is 509. The molecule has 116 valence electrons. The highest BCUT2D eigenvalue weighted by Crippen LogP contribution is 2.31. The summed E-state index contributed by atoms with van der Waals surface area (Å²) in [6, 6.07) is 7.03. The van der Waals surface area contributed by atoms with Crippen LogP contribution in [0, 0.1) is 6.92 Å². The summed E-state index contributed by atoms with van der Waals surface area (Å²) in [4.78, 5) is 16.3. The van der Waals surface area contributed by atoms with Gasteiger partial charge in [-0.3, -0.25) is 4.79 Å². The Morgan fingerprint density at radius 2 is 2.05 bits per heavy atom. The van der Waals surface area contributed by atoms with Crippen molar-refractivity contribution >= 4 is 30.1 Å². The zero-order valence-electron chi connectivity index (χ0n) is 12.6. The Kier molecular flexibility index (Phi) is 5.58. The molecule has 2 heterocycles. The average molecular weight is 327 g/mol. The maximum Gasteiger partial charge on any atom is 0.254 e. The smallest absolute Gasteiger partial charge is 0.254 e. The largest absolute Gasteiger partial charge is 0.331 e. The fourth-order valence-electron chi connectivity index (χ4n) is 3.41. The molecule has 21 heavy (non-hydrogen) atoms. The summed E-state index contributed by atoms with van der Waals surface area (Å²) in [6.07, 6.45) is 5.45. The first-order chi connectivity index (χ1) is 9.70. The lowest BCUT2D eigenvalue weighted by molar-refractivity contribution is 0.0679. The summed E-state index contributed by atoms with van der Waals surface area (Å²) >= 11 is 1.69. The SMILES string of the molecule is CSc1ccc(C)c(C(=O)N2C3CCNCC2CC3)c1.Cl. The minimum absolute atomic E-state index is 0. The Morgan fingerprint density at radius 3 is 2.81 bits per heavy atom. The molecule has 2 fully saturated rings. The monoisotopic (exact) mass is 326 g/mol. The van der Waals surface area contributed by atoms with Gasteiger partial charge in [-0.05, 0) is 56.7 Å². The van der Waals surface area contributed by atoms with Crippen molar-refractivity contribution in [1.29, 1.82) is 0 Å². The Morgan fingerprint density at radius 1 is 1.29 bits per heavy atom. The van der Waals surface area contributed by atoms with Crippen LogP contribution >= 0.6 is 24.2 Å². The molecule has 3 nitrogen and oxygen atoms in total. The van der Waals surface area contributed by atoms with Gasteiger partial charge in [-0.25, -0.2) is 0 Å². The highest BCUT2D eigenvalue weighted by molar-refractivity contribution is 7.98. The van der Waals surface area contributed by atoms with Gasteiger partial charge in [0, 0.05) is 29.1 Å². The second-order valence-electron chi connectivity index (χ2n) is 5.77. The number of carbonyl (C=O) groups is 1. The van der Waals surface area contributed by atoms with Gasteiger partial charge in [-0.2, -0.15) is 0 Å². The fourth-order valence-corrected chi connectivity index (χ4v) is 3.85. The van der Waals surface area contributed by atoms with Gasteiger partial charge in [0.1, 0.15) is 0 Å². The van der Waals surface area contributed by atoms with E-state index in [9.17, 15) is 4.79 Å². The van der Waals surface area contributed by atoms with Crippen LogP contribution in [0.2, 0.25) is 0 Å². The number of thioether (sulfide) groups is 1. The van der Waals surface area contributed by atoms with E-state index in [0.29, 0.717) is 12.1 Å². The van der Waals surface area contributed by atoms with Crippen LogP contribution in [-0.2, 0) is 0 Å². The number of nitrogens with zero attached hydrogens (tertiary/aromatic N) is 1. The molecule has 0 radical (unpaired) electrons. The number of aryl methyl sites for hydroxylation is 1. The van der Waals surface area contributed by atoms with Gasteiger partial charge in [0.05, 0.1) is 0 Å². The lowest BCUT2D eigenvalue weighted by Crippen LogP contribution is -2.42. The summed E-state index contributed by atoms with van der Waals surface area (Å²) in [6.45, 7) is 4.02. The van der Waals surface area contributed by atoms with E-state index >= 15 is 0 Å². The minimum atomic E-state index is 0. The molecule has 2 saturated heterocycles. The molecular formula is C16H23ClN2OS. The van der Waals surface area contributed by atoms with Gasteiger partial charge in [0.25, 0.3) is 5.91 Å². The van der Waals surface area contributed by atoms with Gasteiger partial charge in [0.15, 0.2) is 0 Å². The van der Waals surface area contributed by atoms with Crippen LogP contribution in [-0.4, -0.2) is 42.2 Å². The predicted molar refractivity (Wildman–Crippen MR) is 90.7 cm³/mol. The molecule has 0 aromatic heterocycles. The third-order valence-electron chi connectivity index (χ3n) is 4.56. The van der Waals surface area contributed by atoms with Crippen LogP contribution in [0.1, 0.15) is 35.2 Å². The number of hydrogen-bond donors (Lipinski definition) is 1. The number of nitrogens with one attached hydrogen (secondary N) is 1. The van der Waals surface area contributed by atoms with Gasteiger partial charge >= 0.3 is 0 Å². The highest BCUT2D eigenvalue weighted by atomic mass is 35.5. The maximum absolute atomic E-state index is 13.0. The number of benzene rings is 1. The summed E-state index contributed by atoms with van der Waals surface area (Å²) in [7, 11) is 0. The summed E-state index contributed by atoms with van der Waals surface area (Å²) < 4.78 is 0. The van der Waals surface area contributed by atoms with E-state index < -0.39 is 0 Å². The molecule has 0 spiro atoms. The molecule has 2 atom stereocenters. The van der Waals surface area contributed by atoms with Crippen LogP contribution in [0.25, 0.3) is 0 Å². The Balaban J connectivity index is 0.00000161. The predicted octanol–water partition coefficient (Wildman–Crippen LogP) is 3.11. The van der Waals surface area contributed by atoms with E-state index in [2.05, 4.69) is 34.7 Å². The Labute approximate surface area is 137 Å². The first-order valence-corrected chi connectivity index (χ1v) is 8.61. The molecule has 0 saturated carbocycles. The zero-order valence-corrected chi connectivity index (χ0v) is 14.2. The second kappa shape index (κ2) is 7.03. The molecule has 3 rings (SSSR count). The number of amides is 1. The van der Waals surface area contributed by atoms with Crippen molar-refractivity contribution in [2.75, 3.05) is 19.3 Å². The van der Waals surface area contributed by atoms with Crippen LogP contribution in [0.5, 0.6) is 0 Å². The number of halogens is 1. The van der Waals surface area contributed by atoms with Crippen molar-refractivity contribution in [2.24, 2.45) is 0 Å². The normalized spacial score (nSPS) is 24.4. The van der Waals surface area contributed by atoms with E-state index in [-0.39, 0.29) is 18.3 Å². The number of carbonyl (C=O) groups excluding carboxylic acids is 1. The molecule has 2 aliphatic heterocycles. The molecule has 2 aliphatic rings. The summed E-state index contributed by atoms with van der Waals surface area (Å²) in [5, 5.41) is 3.45. The van der Waals surface area contributed by atoms with Gasteiger partial charge in [-0.15, -0.1) is 24.2 Å². The quantitative estimate of drug-likeness (QED) is 0.848. The first-order valence-electron chi connectivity index (χ1n) is 7.38. The van der Waals surface area contributed by atoms with Crippen molar-refractivity contribution in [3.8, 4) is 0 Å². The topological polar surface area (TPSA) is 32.3 Å². The van der Waals surface area contributed by atoms with Crippen molar-refractivity contribution in [2.45, 2.75) is 43.2 Å². The van der Waals surface area contributed by atoms with E-state index in [1.807, 2.05) is 6.92 Å². The van der Waals surface area contributed by atoms with E-state index in [1.54, 1.807) is 11.8 Å². The molecule has 0 aliphatic carbocycles. The standard InChI is InChI=1S/C16H22N2OS.ClH/c1-11-3-6-14(20-2)9-15(11)16(19)18-12-4-5-13(18)10-17-8-7-12;/h3,6,9,12-13,17H,4-5,7-8,10H2,1-2H3;1H. The van der Waals surface area contributed by atoms with Gasteiger partial charge < -0.3 is 10.2 Å². The molecule has 1 aromatic rings. The van der Waals surface area contributed by atoms with E-state index in [4.69, 9.17) is 0 Å². The number of hydrogen-bond acceptors (Lipinski definition) is 3. The maximum atomic E-state index is 13.0. The molecule has 2 unspecified atom stereocenters. The van der Waals surface area contributed by atoms with Crippen LogP contribution in [0.3, 0.4) is 0 Å². The molecule has 1 N–H and O–H groups in total. The van der Waals surface area contributed by atoms with Gasteiger partial charge in [-0.1, -0.05) is 6.07 Å². The average Bonchev–Trinajstić information content (AvgIpc) is 2.72. The summed E-state index contributed by atoms with van der Waals surface area (Å²) in [5.74, 6) is 0.231. The number of rotatable bonds is 2. The lowest BCUT2D eigenvalue weighted by Gasteiger charge is -2.28. The fraction of sp³-hybridized carbons (Fsp3) is 0.562. The molecule has 5 heteroatoms. The van der Waals surface area contributed by atoms with E-state index in [1.165, 1.54) is 11.3 Å². The van der Waals surface area contributed by atoms with Gasteiger partial charge in [0.2, 0.25) is 0 Å². The van der Waals surface area contributed by atoms with Crippen molar-refractivity contribution in [3.63, 3.8) is 0 Å². The lowest BCUT2D eigenvalue weighted by atomic mass is 10.1. The van der Waals surface area contributed by atoms with Crippen LogP contribution in [0.4, 0.5) is 0 Å². The third kappa shape index (κ3) is 3.22. The van der Waals surface area contributed by atoms with Crippen LogP contribution in [0.15, 0.2) is 23.1 Å². The van der Waals surface area contributed by atoms with Crippen molar-refractivity contribution in [1.82, 2.24) is 10.2 Å². The molecule has 2 bridgehead atoms. The highest BCUT2D eigenvalue weighted by Gasteiger charge is 2.38. The zero-order chi connectivity index (χ0) is 14.1. The number of fused-ring (bicyclic) bond motifs is 2. The first kappa shape index (κ1) is 16.7. The molecular weight excluding hydrogens is 304 g/mol. The molecule has 1 aromatic carbocycles. The Hall–Kier alpha value is -0.710. The third-order valence-corrected chi connectivity index (χ3v) is 5.29. The van der Waals surface area contributed by atoms with Crippen LogP contribution < -0.4 is 5.32 Å². The summed E-state index contributed by atoms with van der Waals surface area (Å²) in [5.41, 5.74) is 1.97. The van der Waals surface area contributed by atoms with Crippen molar-refractivity contribution < 1.29 is 4.79 Å². The second-order valence-corrected chi connectivity index (χ2v) is 6.65. The molecule has 1 amide bonds. The van der Waals surface area contributed by atoms with E-state index in [0.717, 1.165) is 37.1 Å². The minimum Gasteiger partial charge on any atom is -0.331 e. The van der Waals surface area contributed by atoms with Crippen molar-refractivity contribution in [3.05, 3.63) is 29.3 Å².